The maximum atomic E-state index is 13.7. The van der Waals surface area contributed by atoms with Crippen molar-refractivity contribution in [3.05, 3.63) is 64.2 Å². The quantitative estimate of drug-likeness (QED) is 0.674. The average Bonchev–Trinajstić information content (AvgIpc) is 3.03. The third-order valence-corrected chi connectivity index (χ3v) is 5.10. The standard InChI is InChI=1S/C18H16FN3O3S2/c1-11-4-3-5-20-17(11)12-6-16(26-10-12)18(23)21-14-7-13(19)8-15(9-14)22-27(2,24)25/h3-10,22H,1-2H3,(H,21,23). The number of nitrogens with zero attached hydrogens (tertiary/aromatic N) is 1. The number of halogens is 1. The Balaban J connectivity index is 1.81. The minimum Gasteiger partial charge on any atom is -0.321 e. The third-order valence-electron chi connectivity index (χ3n) is 3.57. The topological polar surface area (TPSA) is 88.2 Å². The molecule has 0 aliphatic heterocycles. The van der Waals surface area contributed by atoms with Crippen LogP contribution in [0.1, 0.15) is 15.2 Å². The fourth-order valence-corrected chi connectivity index (χ4v) is 3.83. The number of nitrogens with one attached hydrogen (secondary N) is 2. The van der Waals surface area contributed by atoms with Gasteiger partial charge in [0.05, 0.1) is 22.5 Å². The van der Waals surface area contributed by atoms with Crippen LogP contribution in [-0.4, -0.2) is 25.6 Å². The van der Waals surface area contributed by atoms with Gasteiger partial charge in [-0.05, 0) is 42.8 Å². The number of carbonyl (C=O) groups is 1. The fourth-order valence-electron chi connectivity index (χ4n) is 2.49. The second-order valence-corrected chi connectivity index (χ2v) is 8.59. The highest BCUT2D eigenvalue weighted by Crippen LogP contribution is 2.27. The zero-order valence-electron chi connectivity index (χ0n) is 14.5. The van der Waals surface area contributed by atoms with Crippen molar-refractivity contribution in [2.75, 3.05) is 16.3 Å². The van der Waals surface area contributed by atoms with Crippen LogP contribution in [-0.2, 0) is 10.0 Å². The molecule has 3 aromatic rings. The number of benzene rings is 1. The molecular weight excluding hydrogens is 389 g/mol. The molecule has 0 saturated heterocycles. The largest absolute Gasteiger partial charge is 0.321 e. The summed E-state index contributed by atoms with van der Waals surface area (Å²) in [6.45, 7) is 1.93. The first-order chi connectivity index (χ1) is 12.7. The van der Waals surface area contributed by atoms with E-state index in [1.807, 2.05) is 24.4 Å². The lowest BCUT2D eigenvalue weighted by Crippen LogP contribution is -2.12. The van der Waals surface area contributed by atoms with Crippen LogP contribution in [0.15, 0.2) is 48.0 Å². The molecule has 9 heteroatoms. The van der Waals surface area contributed by atoms with E-state index in [1.165, 1.54) is 17.4 Å². The summed E-state index contributed by atoms with van der Waals surface area (Å²) in [5.41, 5.74) is 2.78. The fraction of sp³-hybridized carbons (Fsp3) is 0.111. The van der Waals surface area contributed by atoms with Crippen molar-refractivity contribution < 1.29 is 17.6 Å². The molecule has 0 saturated carbocycles. The van der Waals surface area contributed by atoms with Gasteiger partial charge in [-0.15, -0.1) is 11.3 Å². The van der Waals surface area contributed by atoms with E-state index in [0.717, 1.165) is 35.2 Å². The van der Waals surface area contributed by atoms with E-state index in [9.17, 15) is 17.6 Å². The highest BCUT2D eigenvalue weighted by molar-refractivity contribution is 7.92. The van der Waals surface area contributed by atoms with Crippen molar-refractivity contribution in [1.29, 1.82) is 0 Å². The zero-order valence-corrected chi connectivity index (χ0v) is 16.1. The molecule has 140 valence electrons. The smallest absolute Gasteiger partial charge is 0.265 e. The number of thiophene rings is 1. The van der Waals surface area contributed by atoms with Gasteiger partial charge in [0, 0.05) is 22.8 Å². The second-order valence-electron chi connectivity index (χ2n) is 5.93. The average molecular weight is 405 g/mol. The Morgan fingerprint density at radius 2 is 1.93 bits per heavy atom. The van der Waals surface area contributed by atoms with Gasteiger partial charge >= 0.3 is 0 Å². The molecule has 0 spiro atoms. The van der Waals surface area contributed by atoms with Gasteiger partial charge in [0.1, 0.15) is 5.82 Å². The minimum atomic E-state index is -3.56. The number of amides is 1. The summed E-state index contributed by atoms with van der Waals surface area (Å²) < 4.78 is 38.5. The van der Waals surface area contributed by atoms with Gasteiger partial charge < -0.3 is 5.32 Å². The maximum Gasteiger partial charge on any atom is 0.265 e. The molecule has 3 rings (SSSR count). The number of anilines is 2. The Morgan fingerprint density at radius 1 is 1.19 bits per heavy atom. The van der Waals surface area contributed by atoms with Crippen LogP contribution >= 0.6 is 11.3 Å². The number of sulfonamides is 1. The van der Waals surface area contributed by atoms with Crippen LogP contribution in [0.3, 0.4) is 0 Å². The Labute approximate surface area is 160 Å². The maximum absolute atomic E-state index is 13.7. The second kappa shape index (κ2) is 7.45. The van der Waals surface area contributed by atoms with Gasteiger partial charge in [-0.1, -0.05) is 6.07 Å². The van der Waals surface area contributed by atoms with Crippen LogP contribution in [0.4, 0.5) is 15.8 Å². The Morgan fingerprint density at radius 3 is 2.63 bits per heavy atom. The molecule has 1 amide bonds. The molecule has 0 bridgehead atoms. The number of hydrogen-bond donors (Lipinski definition) is 2. The Hall–Kier alpha value is -2.78. The SMILES string of the molecule is Cc1cccnc1-c1csc(C(=O)Nc2cc(F)cc(NS(C)(=O)=O)c2)c1. The van der Waals surface area contributed by atoms with Crippen molar-refractivity contribution in [1.82, 2.24) is 4.98 Å². The molecule has 2 heterocycles. The molecule has 0 aliphatic carbocycles. The van der Waals surface area contributed by atoms with Gasteiger partial charge in [0.25, 0.3) is 5.91 Å². The van der Waals surface area contributed by atoms with Crippen molar-refractivity contribution >= 4 is 38.6 Å². The third kappa shape index (κ3) is 4.89. The number of aromatic nitrogens is 1. The first-order valence-electron chi connectivity index (χ1n) is 7.81. The number of pyridine rings is 1. The molecule has 2 N–H and O–H groups in total. The lowest BCUT2D eigenvalue weighted by atomic mass is 10.1. The summed E-state index contributed by atoms with van der Waals surface area (Å²) >= 11 is 1.24. The van der Waals surface area contributed by atoms with E-state index in [4.69, 9.17) is 0 Å². The van der Waals surface area contributed by atoms with Crippen molar-refractivity contribution in [2.45, 2.75) is 6.92 Å². The summed E-state index contributed by atoms with van der Waals surface area (Å²) in [7, 11) is -3.56. The molecule has 27 heavy (non-hydrogen) atoms. The van der Waals surface area contributed by atoms with E-state index < -0.39 is 21.7 Å². The van der Waals surface area contributed by atoms with Gasteiger partial charge in [-0.2, -0.15) is 0 Å². The summed E-state index contributed by atoms with van der Waals surface area (Å²) in [5, 5.41) is 4.41. The number of rotatable bonds is 5. The zero-order chi connectivity index (χ0) is 19.6. The lowest BCUT2D eigenvalue weighted by molar-refractivity contribution is 0.103. The van der Waals surface area contributed by atoms with Crippen LogP contribution in [0.2, 0.25) is 0 Å². The predicted molar refractivity (Wildman–Crippen MR) is 105 cm³/mol. The first-order valence-corrected chi connectivity index (χ1v) is 10.6. The van der Waals surface area contributed by atoms with E-state index in [-0.39, 0.29) is 11.4 Å². The predicted octanol–water partition coefficient (Wildman–Crippen LogP) is 3.88. The summed E-state index contributed by atoms with van der Waals surface area (Å²) in [4.78, 5) is 17.2. The van der Waals surface area contributed by atoms with Crippen molar-refractivity contribution in [3.63, 3.8) is 0 Å². The van der Waals surface area contributed by atoms with Crippen LogP contribution in [0.25, 0.3) is 11.3 Å². The van der Waals surface area contributed by atoms with Crippen LogP contribution in [0.5, 0.6) is 0 Å². The highest BCUT2D eigenvalue weighted by Gasteiger charge is 2.14. The molecule has 0 radical (unpaired) electrons. The van der Waals surface area contributed by atoms with Gasteiger partial charge in [0.15, 0.2) is 0 Å². The molecule has 6 nitrogen and oxygen atoms in total. The first kappa shape index (κ1) is 19.0. The number of hydrogen-bond acceptors (Lipinski definition) is 5. The molecule has 0 fully saturated rings. The van der Waals surface area contributed by atoms with Gasteiger partial charge in [0.2, 0.25) is 10.0 Å². The molecule has 0 unspecified atom stereocenters. The van der Waals surface area contributed by atoms with Crippen molar-refractivity contribution in [3.8, 4) is 11.3 Å². The summed E-state index contributed by atoms with van der Waals surface area (Å²) in [5.74, 6) is -1.09. The van der Waals surface area contributed by atoms with E-state index in [2.05, 4.69) is 15.0 Å². The molecule has 0 aliphatic rings. The molecular formula is C18H16FN3O3S2. The van der Waals surface area contributed by atoms with Crippen LogP contribution in [0, 0.1) is 12.7 Å². The molecule has 0 atom stereocenters. The highest BCUT2D eigenvalue weighted by atomic mass is 32.2. The molecule has 1 aromatic carbocycles. The minimum absolute atomic E-state index is 0.0313. The van der Waals surface area contributed by atoms with Crippen LogP contribution < -0.4 is 10.0 Å². The Kier molecular flexibility index (Phi) is 5.24. The number of carbonyl (C=O) groups excluding carboxylic acids is 1. The monoisotopic (exact) mass is 405 g/mol. The summed E-state index contributed by atoms with van der Waals surface area (Å²) in [6, 6.07) is 8.98. The van der Waals surface area contributed by atoms with E-state index >= 15 is 0 Å². The Bertz CT molecular complexity index is 1110. The van der Waals surface area contributed by atoms with E-state index in [0.29, 0.717) is 4.88 Å². The summed E-state index contributed by atoms with van der Waals surface area (Å²) in [6.07, 6.45) is 2.64. The van der Waals surface area contributed by atoms with E-state index in [1.54, 1.807) is 12.3 Å². The van der Waals surface area contributed by atoms with Gasteiger partial charge in [-0.3, -0.25) is 14.5 Å². The lowest BCUT2D eigenvalue weighted by Gasteiger charge is -2.08. The molecule has 2 aromatic heterocycles. The number of aryl methyl sites for hydroxylation is 1. The van der Waals surface area contributed by atoms with Crippen molar-refractivity contribution in [2.24, 2.45) is 0 Å². The van der Waals surface area contributed by atoms with Gasteiger partial charge in [-0.25, -0.2) is 12.8 Å². The normalized spacial score (nSPS) is 11.2.